The molecule has 0 radical (unpaired) electrons. The Morgan fingerprint density at radius 3 is 2.22 bits per heavy atom. The molecule has 0 aliphatic carbocycles. The molecular weight excluding hydrogens is 216 g/mol. The first-order valence-electron chi connectivity index (χ1n) is 6.31. The predicted octanol–water partition coefficient (Wildman–Crippen LogP) is 5.46. The summed E-state index contributed by atoms with van der Waals surface area (Å²) in [5.41, 5.74) is 4.43. The first-order valence-corrected chi connectivity index (χ1v) is 6.31. The van der Waals surface area contributed by atoms with Gasteiger partial charge in [0.05, 0.1) is 0 Å². The Kier molecular flexibility index (Phi) is 7.04. The summed E-state index contributed by atoms with van der Waals surface area (Å²) in [6.45, 7) is 18.7. The minimum absolute atomic E-state index is 0.213. The quantitative estimate of drug-likeness (QED) is 0.487. The number of benzene rings is 1. The number of hydrogen-bond acceptors (Lipinski definition) is 0. The van der Waals surface area contributed by atoms with Gasteiger partial charge >= 0.3 is 0 Å². The monoisotopic (exact) mass is 242 g/mol. The van der Waals surface area contributed by atoms with Crippen LogP contribution in [0.5, 0.6) is 0 Å². The van der Waals surface area contributed by atoms with Gasteiger partial charge in [-0.2, -0.15) is 0 Å². The van der Waals surface area contributed by atoms with Crippen LogP contribution in [0.2, 0.25) is 0 Å². The lowest BCUT2D eigenvalue weighted by Gasteiger charge is -2.23. The molecule has 0 nitrogen and oxygen atoms in total. The molecule has 0 aromatic heterocycles. The van der Waals surface area contributed by atoms with Crippen LogP contribution >= 0.6 is 0 Å². The molecule has 0 N–H and O–H groups in total. The predicted molar refractivity (Wildman–Crippen MR) is 84.1 cm³/mol. The maximum atomic E-state index is 3.74. The first kappa shape index (κ1) is 16.4. The van der Waals surface area contributed by atoms with Crippen LogP contribution in [0.4, 0.5) is 0 Å². The largest absolute Gasteiger partial charge is 0.106 e. The van der Waals surface area contributed by atoms with Gasteiger partial charge in [0.1, 0.15) is 0 Å². The Labute approximate surface area is 113 Å². The molecule has 0 spiro atoms. The first-order chi connectivity index (χ1) is 8.45. The molecule has 18 heavy (non-hydrogen) atoms. The fraction of sp³-hybridized carbons (Fsp3) is 0.333. The summed E-state index contributed by atoms with van der Waals surface area (Å²) in [6, 6.07) is 8.69. The summed E-state index contributed by atoms with van der Waals surface area (Å²) in [7, 11) is 0. The van der Waals surface area contributed by atoms with Gasteiger partial charge in [-0.15, -0.1) is 13.2 Å². The van der Waals surface area contributed by atoms with E-state index < -0.39 is 0 Å². The zero-order chi connectivity index (χ0) is 14.2. The Morgan fingerprint density at radius 2 is 1.72 bits per heavy atom. The molecule has 0 amide bonds. The topological polar surface area (TPSA) is 0 Å². The zero-order valence-corrected chi connectivity index (χ0v) is 12.3. The highest BCUT2D eigenvalue weighted by Crippen LogP contribution is 2.27. The molecule has 0 fully saturated rings. The van der Waals surface area contributed by atoms with Gasteiger partial charge in [0.25, 0.3) is 0 Å². The highest BCUT2D eigenvalue weighted by Gasteiger charge is 2.16. The molecule has 0 heterocycles. The van der Waals surface area contributed by atoms with E-state index >= 15 is 0 Å². The van der Waals surface area contributed by atoms with Crippen molar-refractivity contribution in [3.63, 3.8) is 0 Å². The summed E-state index contributed by atoms with van der Waals surface area (Å²) in [5, 5.41) is 0. The van der Waals surface area contributed by atoms with Gasteiger partial charge in [-0.05, 0) is 29.9 Å². The summed E-state index contributed by atoms with van der Waals surface area (Å²) in [5.74, 6) is 0. The number of allylic oxidation sites excluding steroid dienone is 3. The van der Waals surface area contributed by atoms with E-state index in [4.69, 9.17) is 0 Å². The third-order valence-corrected chi connectivity index (χ3v) is 2.70. The van der Waals surface area contributed by atoms with Crippen molar-refractivity contribution in [2.45, 2.75) is 39.5 Å². The summed E-state index contributed by atoms with van der Waals surface area (Å²) < 4.78 is 0. The van der Waals surface area contributed by atoms with Crippen molar-refractivity contribution >= 4 is 0 Å². The second kappa shape index (κ2) is 7.71. The second-order valence-corrected chi connectivity index (χ2v) is 5.33. The Morgan fingerprint density at radius 1 is 1.17 bits per heavy atom. The van der Waals surface area contributed by atoms with Crippen molar-refractivity contribution in [3.05, 3.63) is 72.9 Å². The highest BCUT2D eigenvalue weighted by atomic mass is 14.2. The van der Waals surface area contributed by atoms with E-state index in [-0.39, 0.29) is 5.41 Å². The molecule has 0 bridgehead atoms. The lowest BCUT2D eigenvalue weighted by atomic mass is 9.82. The molecule has 0 saturated heterocycles. The molecule has 0 atom stereocenters. The summed E-state index contributed by atoms with van der Waals surface area (Å²) >= 11 is 0. The van der Waals surface area contributed by atoms with E-state index in [1.165, 1.54) is 16.7 Å². The van der Waals surface area contributed by atoms with E-state index in [9.17, 15) is 0 Å². The van der Waals surface area contributed by atoms with Gasteiger partial charge in [-0.1, -0.05) is 69.3 Å². The van der Waals surface area contributed by atoms with Gasteiger partial charge in [-0.3, -0.25) is 0 Å². The molecule has 1 aromatic carbocycles. The zero-order valence-electron chi connectivity index (χ0n) is 12.3. The molecule has 98 valence electrons. The molecule has 1 rings (SSSR count). The van der Waals surface area contributed by atoms with E-state index in [2.05, 4.69) is 77.8 Å². The van der Waals surface area contributed by atoms with Gasteiger partial charge < -0.3 is 0 Å². The molecule has 1 aromatic rings. The SMILES string of the molecule is C=C.C=C/C=C(\C)Cc1ccccc1C(C)(C)C. The van der Waals surface area contributed by atoms with E-state index in [0.29, 0.717) is 0 Å². The Hall–Kier alpha value is -1.56. The van der Waals surface area contributed by atoms with E-state index in [0.717, 1.165) is 6.42 Å². The smallest absolute Gasteiger partial charge is 0.00638 e. The number of hydrogen-bond donors (Lipinski definition) is 0. The van der Waals surface area contributed by atoms with E-state index in [1.54, 1.807) is 0 Å². The van der Waals surface area contributed by atoms with Crippen molar-refractivity contribution in [1.29, 1.82) is 0 Å². The van der Waals surface area contributed by atoms with Gasteiger partial charge in [0.15, 0.2) is 0 Å². The van der Waals surface area contributed by atoms with Crippen LogP contribution < -0.4 is 0 Å². The van der Waals surface area contributed by atoms with Crippen molar-refractivity contribution < 1.29 is 0 Å². The third-order valence-electron chi connectivity index (χ3n) is 2.70. The fourth-order valence-electron chi connectivity index (χ4n) is 1.97. The Balaban J connectivity index is 0.00000137. The van der Waals surface area contributed by atoms with Crippen LogP contribution in [0.3, 0.4) is 0 Å². The summed E-state index contributed by atoms with van der Waals surface area (Å²) in [6.07, 6.45) is 4.95. The summed E-state index contributed by atoms with van der Waals surface area (Å²) in [4.78, 5) is 0. The molecule has 0 heteroatoms. The normalized spacial score (nSPS) is 11.4. The van der Waals surface area contributed by atoms with Crippen LogP contribution in [-0.4, -0.2) is 0 Å². The van der Waals surface area contributed by atoms with Crippen LogP contribution in [0.1, 0.15) is 38.8 Å². The Bertz CT molecular complexity index is 402. The van der Waals surface area contributed by atoms with Crippen LogP contribution in [-0.2, 0) is 11.8 Å². The van der Waals surface area contributed by atoms with Crippen LogP contribution in [0.25, 0.3) is 0 Å². The average molecular weight is 242 g/mol. The van der Waals surface area contributed by atoms with E-state index in [1.807, 2.05) is 6.08 Å². The maximum Gasteiger partial charge on any atom is -0.00638 e. The fourth-order valence-corrected chi connectivity index (χ4v) is 1.97. The van der Waals surface area contributed by atoms with Crippen LogP contribution in [0.15, 0.2) is 61.7 Å². The standard InChI is InChI=1S/C16H22.C2H4/c1-6-9-13(2)12-14-10-7-8-11-15(14)16(3,4)5;1-2/h6-11H,1,12H2,2-5H3;1-2H2/b13-9+;. The van der Waals surface area contributed by atoms with Gasteiger partial charge in [0, 0.05) is 0 Å². The third kappa shape index (κ3) is 5.18. The molecule has 0 unspecified atom stereocenters. The average Bonchev–Trinajstić information content (AvgIpc) is 2.31. The second-order valence-electron chi connectivity index (χ2n) is 5.33. The number of rotatable bonds is 3. The lowest BCUT2D eigenvalue weighted by molar-refractivity contribution is 0.584. The van der Waals surface area contributed by atoms with Crippen LogP contribution in [0, 0.1) is 0 Å². The van der Waals surface area contributed by atoms with Gasteiger partial charge in [0.2, 0.25) is 0 Å². The van der Waals surface area contributed by atoms with Crippen molar-refractivity contribution in [2.75, 3.05) is 0 Å². The van der Waals surface area contributed by atoms with Crippen molar-refractivity contribution in [2.24, 2.45) is 0 Å². The van der Waals surface area contributed by atoms with Gasteiger partial charge in [-0.25, -0.2) is 0 Å². The van der Waals surface area contributed by atoms with Crippen molar-refractivity contribution in [1.82, 2.24) is 0 Å². The molecule has 0 aliphatic rings. The highest BCUT2D eigenvalue weighted by molar-refractivity contribution is 5.35. The molecule has 0 aliphatic heterocycles. The molecular formula is C18H26. The van der Waals surface area contributed by atoms with Crippen molar-refractivity contribution in [3.8, 4) is 0 Å². The minimum atomic E-state index is 0.213. The lowest BCUT2D eigenvalue weighted by Crippen LogP contribution is -2.14. The maximum absolute atomic E-state index is 3.74. The minimum Gasteiger partial charge on any atom is -0.106 e. The molecule has 0 saturated carbocycles.